The predicted molar refractivity (Wildman–Crippen MR) is 122 cm³/mol. The van der Waals surface area contributed by atoms with Gasteiger partial charge in [-0.2, -0.15) is 13.2 Å². The molecule has 0 aliphatic carbocycles. The number of anilines is 1. The van der Waals surface area contributed by atoms with Gasteiger partial charge in [0.05, 0.1) is 6.54 Å². The number of benzene rings is 1. The summed E-state index contributed by atoms with van der Waals surface area (Å²) in [5.74, 6) is -3.01. The largest absolute Gasteiger partial charge is 0.490 e. The Morgan fingerprint density at radius 2 is 1.86 bits per heavy atom. The molecule has 1 fully saturated rings. The number of para-hydroxylation sites is 1. The van der Waals surface area contributed by atoms with Gasteiger partial charge < -0.3 is 25.5 Å². The number of aliphatic carboxylic acids is 1. The van der Waals surface area contributed by atoms with Gasteiger partial charge in [0.25, 0.3) is 5.91 Å². The van der Waals surface area contributed by atoms with Gasteiger partial charge in [-0.1, -0.05) is 29.4 Å². The number of rotatable bonds is 4. The summed E-state index contributed by atoms with van der Waals surface area (Å²) < 4.78 is 31.7. The predicted octanol–water partition coefficient (Wildman–Crippen LogP) is 3.17. The first-order chi connectivity index (χ1) is 17.1. The number of hydrogen-bond acceptors (Lipinski definition) is 6. The van der Waals surface area contributed by atoms with E-state index in [-0.39, 0.29) is 11.9 Å². The van der Waals surface area contributed by atoms with Crippen molar-refractivity contribution in [3.05, 3.63) is 60.4 Å². The number of likely N-dealkylation sites (tertiary alicyclic amines) is 1. The first-order valence-corrected chi connectivity index (χ1v) is 10.9. The molecule has 13 heteroatoms. The van der Waals surface area contributed by atoms with Crippen molar-refractivity contribution in [2.24, 2.45) is 5.16 Å². The average Bonchev–Trinajstić information content (AvgIpc) is 3.26. The number of aromatic nitrogens is 1. The summed E-state index contributed by atoms with van der Waals surface area (Å²) in [5, 5.41) is 16.9. The van der Waals surface area contributed by atoms with E-state index in [1.165, 1.54) is 0 Å². The third-order valence-electron chi connectivity index (χ3n) is 5.37. The number of urea groups is 1. The number of carboxylic acids is 1. The Morgan fingerprint density at radius 1 is 1.14 bits per heavy atom. The number of carboxylic acid groups (broad SMARTS) is 1. The van der Waals surface area contributed by atoms with Crippen molar-refractivity contribution in [3.63, 3.8) is 0 Å². The lowest BCUT2D eigenvalue weighted by molar-refractivity contribution is -0.192. The van der Waals surface area contributed by atoms with Crippen LogP contribution in [-0.2, 0) is 21.0 Å². The molecule has 1 atom stereocenters. The van der Waals surface area contributed by atoms with E-state index in [0.29, 0.717) is 31.8 Å². The van der Waals surface area contributed by atoms with Crippen LogP contribution in [0.3, 0.4) is 0 Å². The number of hydrogen-bond donors (Lipinski definition) is 3. The highest BCUT2D eigenvalue weighted by molar-refractivity contribution is 6.39. The first kappa shape index (κ1) is 26.4. The third kappa shape index (κ3) is 7.42. The van der Waals surface area contributed by atoms with Crippen LogP contribution in [0.15, 0.2) is 60.0 Å². The van der Waals surface area contributed by atoms with Gasteiger partial charge in [-0.3, -0.25) is 9.78 Å². The normalized spacial score (nSPS) is 18.9. The van der Waals surface area contributed by atoms with E-state index in [2.05, 4.69) is 20.8 Å². The molecule has 1 spiro atoms. The summed E-state index contributed by atoms with van der Waals surface area (Å²) >= 11 is 0. The van der Waals surface area contributed by atoms with E-state index in [4.69, 9.17) is 14.7 Å². The monoisotopic (exact) mass is 507 g/mol. The number of nitrogens with one attached hydrogen (secondary N) is 2. The van der Waals surface area contributed by atoms with E-state index in [0.717, 1.165) is 24.1 Å². The lowest BCUT2D eigenvalue weighted by Gasteiger charge is -2.38. The summed E-state index contributed by atoms with van der Waals surface area (Å²) in [4.78, 5) is 45.4. The number of piperidine rings is 1. The standard InChI is InChI=1S/C21H23N5O3.C2HF3O2/c27-19(23-14-16-6-4-10-22-13-16)18-12-21(29-25-18)9-5-11-26(15-21)20(28)24-17-7-2-1-3-8-17;3-2(4,5)1(6)7/h1-4,6-8,10,13H,5,9,11-12,14-15H2,(H,23,27)(H,24,28);(H,6,7). The molecule has 2 aliphatic rings. The fourth-order valence-electron chi connectivity index (χ4n) is 3.64. The molecule has 0 radical (unpaired) electrons. The van der Waals surface area contributed by atoms with Crippen molar-refractivity contribution in [1.82, 2.24) is 15.2 Å². The van der Waals surface area contributed by atoms with E-state index in [1.54, 1.807) is 17.3 Å². The number of nitrogens with zero attached hydrogens (tertiary/aromatic N) is 3. The molecule has 36 heavy (non-hydrogen) atoms. The van der Waals surface area contributed by atoms with Crippen LogP contribution in [0.25, 0.3) is 0 Å². The Morgan fingerprint density at radius 3 is 2.50 bits per heavy atom. The van der Waals surface area contributed by atoms with Gasteiger partial charge in [0.2, 0.25) is 0 Å². The minimum Gasteiger partial charge on any atom is -0.475 e. The van der Waals surface area contributed by atoms with Gasteiger partial charge in [-0.25, -0.2) is 9.59 Å². The van der Waals surface area contributed by atoms with Gasteiger partial charge >= 0.3 is 18.2 Å². The molecular formula is C23H24F3N5O5. The minimum absolute atomic E-state index is 0.173. The number of halogens is 3. The fraction of sp³-hybridized carbons (Fsp3) is 0.348. The second-order valence-corrected chi connectivity index (χ2v) is 8.16. The van der Waals surface area contributed by atoms with Crippen LogP contribution in [0.5, 0.6) is 0 Å². The molecule has 3 N–H and O–H groups in total. The van der Waals surface area contributed by atoms with E-state index >= 15 is 0 Å². The van der Waals surface area contributed by atoms with Crippen molar-refractivity contribution < 1.29 is 37.5 Å². The smallest absolute Gasteiger partial charge is 0.475 e. The van der Waals surface area contributed by atoms with Crippen molar-refractivity contribution in [1.29, 1.82) is 0 Å². The second kappa shape index (κ2) is 11.5. The zero-order valence-electron chi connectivity index (χ0n) is 19.0. The van der Waals surface area contributed by atoms with Crippen LogP contribution in [0, 0.1) is 0 Å². The van der Waals surface area contributed by atoms with E-state index in [1.807, 2.05) is 42.5 Å². The number of carbonyl (C=O) groups excluding carboxylic acids is 2. The molecule has 0 bridgehead atoms. The molecule has 2 aliphatic heterocycles. The molecule has 4 rings (SSSR count). The van der Waals surface area contributed by atoms with Gasteiger partial charge in [-0.05, 0) is 36.6 Å². The SMILES string of the molecule is O=C(NCc1cccnc1)C1=NOC2(CCCN(C(=O)Nc3ccccc3)C2)C1.O=C(O)C(F)(F)F. The van der Waals surface area contributed by atoms with Crippen LogP contribution >= 0.6 is 0 Å². The molecule has 2 aromatic rings. The number of amides is 3. The number of pyridine rings is 1. The first-order valence-electron chi connectivity index (χ1n) is 10.9. The van der Waals surface area contributed by atoms with E-state index in [9.17, 15) is 22.8 Å². The highest BCUT2D eigenvalue weighted by Crippen LogP contribution is 2.33. The molecule has 192 valence electrons. The summed E-state index contributed by atoms with van der Waals surface area (Å²) in [6, 6.07) is 12.9. The van der Waals surface area contributed by atoms with Crippen LogP contribution in [0.2, 0.25) is 0 Å². The van der Waals surface area contributed by atoms with Crippen LogP contribution < -0.4 is 10.6 Å². The maximum absolute atomic E-state index is 12.6. The Bertz CT molecular complexity index is 1100. The maximum atomic E-state index is 12.6. The molecule has 1 unspecified atom stereocenters. The number of alkyl halides is 3. The number of oxime groups is 1. The lowest BCUT2D eigenvalue weighted by Crippen LogP contribution is -2.52. The summed E-state index contributed by atoms with van der Waals surface area (Å²) in [6.45, 7) is 1.42. The second-order valence-electron chi connectivity index (χ2n) is 8.16. The quantitative estimate of drug-likeness (QED) is 0.582. The summed E-state index contributed by atoms with van der Waals surface area (Å²) in [7, 11) is 0. The van der Waals surface area contributed by atoms with Crippen LogP contribution in [-0.4, -0.2) is 63.5 Å². The lowest BCUT2D eigenvalue weighted by atomic mass is 9.88. The molecule has 0 saturated carbocycles. The highest BCUT2D eigenvalue weighted by Gasteiger charge is 2.45. The van der Waals surface area contributed by atoms with Gasteiger partial charge in [0.15, 0.2) is 5.60 Å². The minimum atomic E-state index is -5.08. The topological polar surface area (TPSA) is 133 Å². The van der Waals surface area contributed by atoms with Gasteiger partial charge in [0, 0.05) is 37.6 Å². The van der Waals surface area contributed by atoms with Crippen molar-refractivity contribution in [2.45, 2.75) is 37.6 Å². The van der Waals surface area contributed by atoms with Gasteiger partial charge in [0.1, 0.15) is 5.71 Å². The van der Waals surface area contributed by atoms with Crippen LogP contribution in [0.4, 0.5) is 23.7 Å². The maximum Gasteiger partial charge on any atom is 0.490 e. The molecule has 1 saturated heterocycles. The average molecular weight is 507 g/mol. The van der Waals surface area contributed by atoms with Crippen molar-refractivity contribution in [3.8, 4) is 0 Å². The molecule has 3 amide bonds. The highest BCUT2D eigenvalue weighted by atomic mass is 19.4. The third-order valence-corrected chi connectivity index (χ3v) is 5.37. The zero-order chi connectivity index (χ0) is 26.2. The fourth-order valence-corrected chi connectivity index (χ4v) is 3.64. The Balaban J connectivity index is 0.000000454. The Hall–Kier alpha value is -4.16. The van der Waals surface area contributed by atoms with Crippen LogP contribution in [0.1, 0.15) is 24.8 Å². The molecule has 1 aromatic heterocycles. The Kier molecular flexibility index (Phi) is 8.46. The molecule has 3 heterocycles. The van der Waals surface area contributed by atoms with Crippen molar-refractivity contribution >= 4 is 29.3 Å². The number of carbonyl (C=O) groups is 3. The molecular weight excluding hydrogens is 483 g/mol. The van der Waals surface area contributed by atoms with Crippen molar-refractivity contribution in [2.75, 3.05) is 18.4 Å². The molecule has 10 nitrogen and oxygen atoms in total. The van der Waals surface area contributed by atoms with E-state index < -0.39 is 17.7 Å². The van der Waals surface area contributed by atoms with Gasteiger partial charge in [-0.15, -0.1) is 0 Å². The zero-order valence-corrected chi connectivity index (χ0v) is 19.0. The summed E-state index contributed by atoms with van der Waals surface area (Å²) in [5.41, 5.74) is 1.39. The Labute approximate surface area is 204 Å². The molecule has 1 aromatic carbocycles. The summed E-state index contributed by atoms with van der Waals surface area (Å²) in [6.07, 6.45) is 0.250.